The fraction of sp³-hybridized carbons (Fsp3) is 0.217. The summed E-state index contributed by atoms with van der Waals surface area (Å²) < 4.78 is 19.0. The molecule has 1 aliphatic carbocycles. The molecule has 0 aliphatic heterocycles. The van der Waals surface area contributed by atoms with Crippen LogP contribution in [0.3, 0.4) is 0 Å². The maximum absolute atomic E-state index is 13.3. The van der Waals surface area contributed by atoms with Crippen LogP contribution in [0, 0.1) is 11.7 Å². The monoisotopic (exact) mass is 424 g/mol. The molecular formula is C23H21FN2O3S. The van der Waals surface area contributed by atoms with Crippen molar-refractivity contribution < 1.29 is 18.7 Å². The van der Waals surface area contributed by atoms with Crippen LogP contribution in [0.4, 0.5) is 15.8 Å². The van der Waals surface area contributed by atoms with Gasteiger partial charge in [0.1, 0.15) is 11.6 Å². The third kappa shape index (κ3) is 5.24. The molecule has 0 bridgehead atoms. The van der Waals surface area contributed by atoms with Gasteiger partial charge in [-0.15, -0.1) is 11.3 Å². The molecule has 2 amide bonds. The van der Waals surface area contributed by atoms with Crippen LogP contribution in [-0.4, -0.2) is 18.4 Å². The van der Waals surface area contributed by atoms with Crippen molar-refractivity contribution in [2.45, 2.75) is 19.4 Å². The van der Waals surface area contributed by atoms with E-state index >= 15 is 0 Å². The van der Waals surface area contributed by atoms with Gasteiger partial charge in [0.15, 0.2) is 6.61 Å². The molecule has 3 aromatic rings. The third-order valence-corrected chi connectivity index (χ3v) is 5.61. The van der Waals surface area contributed by atoms with Gasteiger partial charge < -0.3 is 15.0 Å². The smallest absolute Gasteiger partial charge is 0.265 e. The van der Waals surface area contributed by atoms with Gasteiger partial charge in [-0.3, -0.25) is 9.59 Å². The Hall–Kier alpha value is -3.19. The zero-order valence-corrected chi connectivity index (χ0v) is 17.0. The van der Waals surface area contributed by atoms with Crippen molar-refractivity contribution in [1.82, 2.24) is 0 Å². The Labute approximate surface area is 178 Å². The third-order valence-electron chi connectivity index (χ3n) is 4.75. The zero-order chi connectivity index (χ0) is 20.9. The fourth-order valence-corrected chi connectivity index (χ4v) is 3.67. The molecule has 0 spiro atoms. The molecule has 1 saturated carbocycles. The van der Waals surface area contributed by atoms with Crippen molar-refractivity contribution in [1.29, 1.82) is 0 Å². The van der Waals surface area contributed by atoms with Gasteiger partial charge in [0.2, 0.25) is 5.91 Å². The van der Waals surface area contributed by atoms with E-state index in [0.29, 0.717) is 23.7 Å². The van der Waals surface area contributed by atoms with E-state index in [4.69, 9.17) is 4.74 Å². The maximum Gasteiger partial charge on any atom is 0.265 e. The molecule has 154 valence electrons. The number of carbonyl (C=O) groups excluding carboxylic acids is 2. The number of nitrogens with one attached hydrogen (secondary N) is 1. The lowest BCUT2D eigenvalue weighted by Gasteiger charge is -2.22. The number of hydrogen-bond acceptors (Lipinski definition) is 4. The average molecular weight is 424 g/mol. The van der Waals surface area contributed by atoms with E-state index in [0.717, 1.165) is 17.7 Å². The first-order valence-electron chi connectivity index (χ1n) is 9.70. The number of carbonyl (C=O) groups is 2. The summed E-state index contributed by atoms with van der Waals surface area (Å²) in [5.41, 5.74) is 1.25. The second-order valence-electron chi connectivity index (χ2n) is 7.12. The van der Waals surface area contributed by atoms with E-state index in [1.807, 2.05) is 17.5 Å². The van der Waals surface area contributed by atoms with Crippen LogP contribution in [0.25, 0.3) is 0 Å². The highest BCUT2D eigenvalue weighted by Crippen LogP contribution is 2.30. The van der Waals surface area contributed by atoms with Gasteiger partial charge in [-0.1, -0.05) is 12.1 Å². The lowest BCUT2D eigenvalue weighted by atomic mass is 10.2. The Morgan fingerprint density at radius 1 is 1.10 bits per heavy atom. The molecule has 5 nitrogen and oxygen atoms in total. The van der Waals surface area contributed by atoms with E-state index in [9.17, 15) is 14.0 Å². The van der Waals surface area contributed by atoms with Gasteiger partial charge in [-0.25, -0.2) is 4.39 Å². The molecule has 30 heavy (non-hydrogen) atoms. The van der Waals surface area contributed by atoms with Crippen molar-refractivity contribution in [2.75, 3.05) is 16.8 Å². The number of thiophene rings is 1. The molecule has 0 atom stereocenters. The number of nitrogens with zero attached hydrogens (tertiary/aromatic N) is 1. The van der Waals surface area contributed by atoms with E-state index in [1.165, 1.54) is 12.1 Å². The quantitative estimate of drug-likeness (QED) is 0.563. The summed E-state index contributed by atoms with van der Waals surface area (Å²) in [6.07, 6.45) is 1.86. The number of amides is 2. The van der Waals surface area contributed by atoms with Crippen LogP contribution in [0.5, 0.6) is 5.75 Å². The summed E-state index contributed by atoms with van der Waals surface area (Å²) in [6.45, 7) is 0.200. The number of ether oxygens (including phenoxy) is 1. The Kier molecular flexibility index (Phi) is 6.09. The molecule has 7 heteroatoms. The minimum atomic E-state index is -0.358. The van der Waals surface area contributed by atoms with Crippen LogP contribution in [0.15, 0.2) is 66.0 Å². The summed E-state index contributed by atoms with van der Waals surface area (Å²) in [6, 6.07) is 16.7. The number of halogens is 1. The van der Waals surface area contributed by atoms with Gasteiger partial charge >= 0.3 is 0 Å². The van der Waals surface area contributed by atoms with Crippen molar-refractivity contribution >= 4 is 34.5 Å². The molecule has 1 aliphatic rings. The zero-order valence-electron chi connectivity index (χ0n) is 16.2. The van der Waals surface area contributed by atoms with Crippen molar-refractivity contribution in [2.24, 2.45) is 5.92 Å². The van der Waals surface area contributed by atoms with Crippen molar-refractivity contribution in [3.8, 4) is 5.75 Å². The Morgan fingerprint density at radius 3 is 2.60 bits per heavy atom. The van der Waals surface area contributed by atoms with Crippen molar-refractivity contribution in [3.63, 3.8) is 0 Å². The van der Waals surface area contributed by atoms with Crippen LogP contribution in [0.2, 0.25) is 0 Å². The molecule has 0 saturated heterocycles. The molecule has 0 unspecified atom stereocenters. The molecule has 1 fully saturated rings. The average Bonchev–Trinajstić information content (AvgIpc) is 3.48. The normalized spacial score (nSPS) is 13.0. The molecule has 2 aromatic carbocycles. The van der Waals surface area contributed by atoms with Crippen LogP contribution in [-0.2, 0) is 16.1 Å². The van der Waals surface area contributed by atoms with E-state index in [-0.39, 0.29) is 30.2 Å². The highest BCUT2D eigenvalue weighted by Gasteiger charge is 2.29. The second-order valence-corrected chi connectivity index (χ2v) is 8.15. The molecule has 1 aromatic heterocycles. The van der Waals surface area contributed by atoms with E-state index in [2.05, 4.69) is 5.32 Å². The van der Waals surface area contributed by atoms with Gasteiger partial charge in [0, 0.05) is 28.2 Å². The Morgan fingerprint density at radius 2 is 1.90 bits per heavy atom. The maximum atomic E-state index is 13.3. The highest BCUT2D eigenvalue weighted by atomic mass is 32.1. The van der Waals surface area contributed by atoms with Gasteiger partial charge in [0.05, 0.1) is 6.54 Å². The lowest BCUT2D eigenvalue weighted by molar-refractivity contribution is -0.120. The topological polar surface area (TPSA) is 58.6 Å². The molecule has 0 radical (unpaired) electrons. The first kappa shape index (κ1) is 20.1. The van der Waals surface area contributed by atoms with Crippen LogP contribution in [0.1, 0.15) is 17.7 Å². The second kappa shape index (κ2) is 9.09. The SMILES string of the molecule is O=C(Nc1cccc(OCC(=O)N(Cc2cccs2)c2ccc(F)cc2)c1)C1CC1. The largest absolute Gasteiger partial charge is 0.484 e. The molecule has 1 heterocycles. The number of anilines is 2. The number of hydrogen-bond donors (Lipinski definition) is 1. The minimum Gasteiger partial charge on any atom is -0.484 e. The van der Waals surface area contributed by atoms with Crippen LogP contribution >= 0.6 is 11.3 Å². The highest BCUT2D eigenvalue weighted by molar-refractivity contribution is 7.09. The van der Waals surface area contributed by atoms with Gasteiger partial charge in [-0.05, 0) is 60.7 Å². The summed E-state index contributed by atoms with van der Waals surface area (Å²) in [7, 11) is 0. The molecule has 4 rings (SSSR count). The first-order valence-corrected chi connectivity index (χ1v) is 10.6. The fourth-order valence-electron chi connectivity index (χ4n) is 2.98. The summed E-state index contributed by atoms with van der Waals surface area (Å²) in [4.78, 5) is 27.5. The van der Waals surface area contributed by atoms with E-state index in [1.54, 1.807) is 52.6 Å². The Bertz CT molecular complexity index is 1020. The summed E-state index contributed by atoms with van der Waals surface area (Å²) in [5, 5.41) is 4.81. The first-order chi connectivity index (χ1) is 14.6. The molecular weight excluding hydrogens is 403 g/mol. The van der Waals surface area contributed by atoms with Crippen molar-refractivity contribution in [3.05, 3.63) is 76.7 Å². The predicted octanol–water partition coefficient (Wildman–Crippen LogP) is 4.85. The van der Waals surface area contributed by atoms with Crippen LogP contribution < -0.4 is 15.0 Å². The standard InChI is InChI=1S/C23H21FN2O3S/c24-17-8-10-19(11-9-17)26(14-21-5-2-12-30-21)22(27)15-29-20-4-1-3-18(13-20)25-23(28)16-6-7-16/h1-5,8-13,16H,6-7,14-15H2,(H,25,28). The van der Waals surface area contributed by atoms with Gasteiger partial charge in [0.25, 0.3) is 5.91 Å². The lowest BCUT2D eigenvalue weighted by Crippen LogP contribution is -2.34. The van der Waals surface area contributed by atoms with Gasteiger partial charge in [-0.2, -0.15) is 0 Å². The number of benzene rings is 2. The van der Waals surface area contributed by atoms with E-state index < -0.39 is 0 Å². The Balaban J connectivity index is 1.43. The molecule has 1 N–H and O–H groups in total. The number of rotatable bonds is 8. The predicted molar refractivity (Wildman–Crippen MR) is 115 cm³/mol. The summed E-state index contributed by atoms with van der Waals surface area (Å²) in [5.74, 6) is 0.0115. The minimum absolute atomic E-state index is 0.0154. The summed E-state index contributed by atoms with van der Waals surface area (Å²) >= 11 is 1.55.